The lowest BCUT2D eigenvalue weighted by Crippen LogP contribution is -2.11. The molecule has 7 nitrogen and oxygen atoms in total. The molecule has 2 aromatic carbocycles. The molecule has 0 aliphatic heterocycles. The van der Waals surface area contributed by atoms with Gasteiger partial charge in [-0.3, -0.25) is 9.78 Å². The number of methoxy groups -OCH3 is 1. The van der Waals surface area contributed by atoms with Crippen molar-refractivity contribution in [2.45, 2.75) is 6.42 Å². The Morgan fingerprint density at radius 2 is 1.94 bits per heavy atom. The number of amides is 1. The zero-order valence-corrected chi connectivity index (χ0v) is 16.9. The molecule has 0 radical (unpaired) electrons. The molecular formula is C24H22N2O5. The molecule has 3 rings (SSSR count). The van der Waals surface area contributed by atoms with E-state index in [0.717, 1.165) is 11.1 Å². The minimum atomic E-state index is -1.11. The number of carbonyl (C=O) groups is 2. The first-order valence-corrected chi connectivity index (χ1v) is 9.58. The van der Waals surface area contributed by atoms with E-state index in [1.165, 1.54) is 18.2 Å². The lowest BCUT2D eigenvalue weighted by molar-refractivity contribution is -0.111. The quantitative estimate of drug-likeness (QED) is 0.509. The van der Waals surface area contributed by atoms with Crippen molar-refractivity contribution in [1.29, 1.82) is 0 Å². The fraction of sp³-hybridized carbons (Fsp3) is 0.125. The Morgan fingerprint density at radius 1 is 1.10 bits per heavy atom. The van der Waals surface area contributed by atoms with Crippen LogP contribution in [0.5, 0.6) is 11.5 Å². The monoisotopic (exact) mass is 418 g/mol. The summed E-state index contributed by atoms with van der Waals surface area (Å²) in [7, 11) is 1.56. The second-order valence-corrected chi connectivity index (χ2v) is 6.54. The number of nitrogens with one attached hydrogen (secondary N) is 1. The van der Waals surface area contributed by atoms with E-state index in [0.29, 0.717) is 24.5 Å². The highest BCUT2D eigenvalue weighted by molar-refractivity contribution is 6.06. The Kier molecular flexibility index (Phi) is 7.37. The van der Waals surface area contributed by atoms with E-state index < -0.39 is 11.9 Å². The van der Waals surface area contributed by atoms with Crippen molar-refractivity contribution in [2.75, 3.05) is 19.0 Å². The summed E-state index contributed by atoms with van der Waals surface area (Å²) in [5, 5.41) is 11.8. The maximum absolute atomic E-state index is 12.2. The highest BCUT2D eigenvalue weighted by Crippen LogP contribution is 2.28. The number of aromatic carboxylic acids is 1. The molecule has 2 N–H and O–H groups in total. The third-order valence-electron chi connectivity index (χ3n) is 4.40. The maximum atomic E-state index is 12.2. The van der Waals surface area contributed by atoms with Crippen molar-refractivity contribution in [3.63, 3.8) is 0 Å². The number of aromatic nitrogens is 1. The van der Waals surface area contributed by atoms with Crippen molar-refractivity contribution in [3.05, 3.63) is 89.8 Å². The summed E-state index contributed by atoms with van der Waals surface area (Å²) < 4.78 is 11.2. The molecule has 1 amide bonds. The van der Waals surface area contributed by atoms with E-state index in [-0.39, 0.29) is 11.3 Å². The number of nitrogens with zero attached hydrogens (tertiary/aromatic N) is 1. The third kappa shape index (κ3) is 6.17. The van der Waals surface area contributed by atoms with Gasteiger partial charge in [-0.15, -0.1) is 0 Å². The molecular weight excluding hydrogens is 396 g/mol. The summed E-state index contributed by atoms with van der Waals surface area (Å²) in [5.74, 6) is -0.403. The summed E-state index contributed by atoms with van der Waals surface area (Å²) in [4.78, 5) is 27.6. The minimum absolute atomic E-state index is 0.0259. The molecule has 1 heterocycles. The Labute approximate surface area is 180 Å². The number of hydrogen-bond acceptors (Lipinski definition) is 5. The fourth-order valence-electron chi connectivity index (χ4n) is 2.86. The number of para-hydroxylation sites is 1. The Balaban J connectivity index is 1.65. The van der Waals surface area contributed by atoms with Gasteiger partial charge in [-0.2, -0.15) is 0 Å². The van der Waals surface area contributed by atoms with E-state index >= 15 is 0 Å². The van der Waals surface area contributed by atoms with E-state index in [2.05, 4.69) is 10.3 Å². The Hall–Kier alpha value is -4.13. The lowest BCUT2D eigenvalue weighted by Gasteiger charge is -2.11. The number of carbonyl (C=O) groups excluding carboxylic acids is 1. The molecule has 0 saturated carbocycles. The number of anilines is 1. The molecule has 0 saturated heterocycles. The Bertz CT molecular complexity index is 1080. The zero-order chi connectivity index (χ0) is 22.1. The van der Waals surface area contributed by atoms with Crippen molar-refractivity contribution < 1.29 is 24.2 Å². The van der Waals surface area contributed by atoms with Gasteiger partial charge in [0.1, 0.15) is 0 Å². The summed E-state index contributed by atoms with van der Waals surface area (Å²) in [5.41, 5.74) is 2.06. The predicted octanol–water partition coefficient (Wildman–Crippen LogP) is 4.06. The highest BCUT2D eigenvalue weighted by Gasteiger charge is 2.10. The minimum Gasteiger partial charge on any atom is -0.493 e. The van der Waals surface area contributed by atoms with Crippen molar-refractivity contribution >= 4 is 23.6 Å². The van der Waals surface area contributed by atoms with E-state index in [1.807, 2.05) is 12.1 Å². The van der Waals surface area contributed by atoms with Crippen LogP contribution >= 0.6 is 0 Å². The van der Waals surface area contributed by atoms with E-state index in [4.69, 9.17) is 9.47 Å². The maximum Gasteiger partial charge on any atom is 0.337 e. The second-order valence-electron chi connectivity index (χ2n) is 6.54. The molecule has 0 atom stereocenters. The summed E-state index contributed by atoms with van der Waals surface area (Å²) >= 11 is 0. The van der Waals surface area contributed by atoms with Gasteiger partial charge in [0, 0.05) is 24.9 Å². The first-order chi connectivity index (χ1) is 15.1. The van der Waals surface area contributed by atoms with Gasteiger partial charge >= 0.3 is 5.97 Å². The number of hydrogen-bond donors (Lipinski definition) is 2. The third-order valence-corrected chi connectivity index (χ3v) is 4.40. The van der Waals surface area contributed by atoms with Crippen LogP contribution < -0.4 is 14.8 Å². The van der Waals surface area contributed by atoms with Crippen molar-refractivity contribution in [2.24, 2.45) is 0 Å². The number of carboxylic acids is 1. The number of ether oxygens (including phenoxy) is 2. The van der Waals surface area contributed by atoms with Crippen LogP contribution in [-0.2, 0) is 11.2 Å². The number of carboxylic acid groups (broad SMARTS) is 1. The van der Waals surface area contributed by atoms with Crippen molar-refractivity contribution in [3.8, 4) is 11.5 Å². The molecule has 0 aliphatic rings. The average molecular weight is 418 g/mol. The largest absolute Gasteiger partial charge is 0.493 e. The molecule has 3 aromatic rings. The van der Waals surface area contributed by atoms with Crippen LogP contribution in [0.4, 0.5) is 5.69 Å². The average Bonchev–Trinajstić information content (AvgIpc) is 2.79. The van der Waals surface area contributed by atoms with Gasteiger partial charge in [-0.05, 0) is 47.5 Å². The molecule has 0 spiro atoms. The standard InChI is InChI=1S/C24H22N2O5/c1-30-21-10-8-17(15-22(21)31-14-12-18-5-4-13-25-16-18)9-11-23(27)26-20-7-3-2-6-19(20)24(28)29/h2-11,13,15-16H,12,14H2,1H3,(H,26,27)(H,28,29)/b11-9+. The zero-order valence-electron chi connectivity index (χ0n) is 16.9. The first kappa shape index (κ1) is 21.6. The van der Waals surface area contributed by atoms with Crippen LogP contribution in [0, 0.1) is 0 Å². The van der Waals surface area contributed by atoms with Gasteiger partial charge in [0.05, 0.1) is 25.0 Å². The van der Waals surface area contributed by atoms with Crippen LogP contribution in [-0.4, -0.2) is 35.7 Å². The van der Waals surface area contributed by atoms with Crippen LogP contribution in [0.15, 0.2) is 73.1 Å². The summed E-state index contributed by atoms with van der Waals surface area (Å²) in [6.45, 7) is 0.446. The second kappa shape index (κ2) is 10.6. The Morgan fingerprint density at radius 3 is 2.68 bits per heavy atom. The summed E-state index contributed by atoms with van der Waals surface area (Å²) in [6.07, 6.45) is 7.16. The van der Waals surface area contributed by atoms with Crippen LogP contribution in [0.1, 0.15) is 21.5 Å². The van der Waals surface area contributed by atoms with E-state index in [1.54, 1.807) is 55.9 Å². The fourth-order valence-corrected chi connectivity index (χ4v) is 2.86. The smallest absolute Gasteiger partial charge is 0.337 e. The van der Waals surface area contributed by atoms with Crippen molar-refractivity contribution in [1.82, 2.24) is 4.98 Å². The van der Waals surface area contributed by atoms with E-state index in [9.17, 15) is 14.7 Å². The molecule has 31 heavy (non-hydrogen) atoms. The molecule has 7 heteroatoms. The normalized spacial score (nSPS) is 10.6. The molecule has 1 aromatic heterocycles. The highest BCUT2D eigenvalue weighted by atomic mass is 16.5. The van der Waals surface area contributed by atoms with Crippen LogP contribution in [0.3, 0.4) is 0 Å². The van der Waals surface area contributed by atoms with Crippen LogP contribution in [0.25, 0.3) is 6.08 Å². The van der Waals surface area contributed by atoms with Gasteiger partial charge < -0.3 is 19.9 Å². The SMILES string of the molecule is COc1ccc(/C=C/C(=O)Nc2ccccc2C(=O)O)cc1OCCc1cccnc1. The van der Waals surface area contributed by atoms with Gasteiger partial charge in [-0.25, -0.2) is 4.79 Å². The molecule has 0 fully saturated rings. The number of pyridine rings is 1. The van der Waals surface area contributed by atoms with Gasteiger partial charge in [0.25, 0.3) is 0 Å². The first-order valence-electron chi connectivity index (χ1n) is 9.58. The van der Waals surface area contributed by atoms with Gasteiger partial charge in [-0.1, -0.05) is 24.3 Å². The summed E-state index contributed by atoms with van der Waals surface area (Å²) in [6, 6.07) is 15.4. The topological polar surface area (TPSA) is 97.8 Å². The lowest BCUT2D eigenvalue weighted by atomic mass is 10.1. The van der Waals surface area contributed by atoms with Crippen LogP contribution in [0.2, 0.25) is 0 Å². The molecule has 0 bridgehead atoms. The van der Waals surface area contributed by atoms with Gasteiger partial charge in [0.2, 0.25) is 5.91 Å². The van der Waals surface area contributed by atoms with Gasteiger partial charge in [0.15, 0.2) is 11.5 Å². The molecule has 158 valence electrons. The predicted molar refractivity (Wildman–Crippen MR) is 117 cm³/mol. The number of rotatable bonds is 9. The number of benzene rings is 2. The molecule has 0 unspecified atom stereocenters. The molecule has 0 aliphatic carbocycles.